The number of likely N-dealkylation sites (N-methyl/N-ethyl adjacent to an activating group) is 3. The van der Waals surface area contributed by atoms with E-state index in [1.54, 1.807) is 80.3 Å². The van der Waals surface area contributed by atoms with Crippen LogP contribution < -0.4 is 48.7 Å². The third-order valence-corrected chi connectivity index (χ3v) is 26.3. The molecule has 0 radical (unpaired) electrons. The minimum absolute atomic E-state index is 0.00339. The number of carbonyl (C=O) groups is 18. The molecule has 0 aliphatic carbocycles. The largest absolute Gasteiger partial charge is 0.508 e. The maximum Gasteiger partial charge on any atom is 0.304 e. The molecule has 3 fully saturated rings. The molecule has 15 atom stereocenters. The Bertz CT molecular complexity index is 5250. The number of thioether (sulfide) groups is 1. The van der Waals surface area contributed by atoms with Crippen LogP contribution in [0.2, 0.25) is 0 Å². The van der Waals surface area contributed by atoms with E-state index in [-0.39, 0.29) is 87.4 Å². The van der Waals surface area contributed by atoms with E-state index in [0.29, 0.717) is 58.7 Å². The summed E-state index contributed by atoms with van der Waals surface area (Å²) in [4.78, 5) is 279. The molecule has 0 unspecified atom stereocenters. The van der Waals surface area contributed by atoms with Crippen molar-refractivity contribution in [2.45, 2.75) is 236 Å². The summed E-state index contributed by atoms with van der Waals surface area (Å²) in [6.45, 7) is 6.15. The number of phenolic OH excluding ortho intramolecular Hbond substituents is 1. The van der Waals surface area contributed by atoms with Crippen LogP contribution in [0.5, 0.6) is 5.75 Å². The number of carbonyl (C=O) groups excluding carboxylic acids is 17. The van der Waals surface area contributed by atoms with Gasteiger partial charge in [-0.25, -0.2) is 4.98 Å². The number of benzene rings is 3. The van der Waals surface area contributed by atoms with Gasteiger partial charge in [-0.15, -0.1) is 0 Å². The lowest BCUT2D eigenvalue weighted by molar-refractivity contribution is -0.149. The van der Waals surface area contributed by atoms with Gasteiger partial charge < -0.3 is 108 Å². The van der Waals surface area contributed by atoms with Crippen LogP contribution in [0.15, 0.2) is 97.7 Å². The van der Waals surface area contributed by atoms with E-state index in [1.807, 2.05) is 19.9 Å². The quantitative estimate of drug-likeness (QED) is 0.0379. The number of carboxylic acids is 1. The smallest absolute Gasteiger partial charge is 0.304 e. The molecule has 6 heterocycles. The summed E-state index contributed by atoms with van der Waals surface area (Å²) in [5.41, 5.74) is 14.2. The van der Waals surface area contributed by atoms with E-state index < -0.39 is 267 Å². The summed E-state index contributed by atoms with van der Waals surface area (Å²) in [5, 5.41) is 63.3. The third kappa shape index (κ3) is 29.1. The first-order valence-electron chi connectivity index (χ1n) is 45.8. The minimum Gasteiger partial charge on any atom is -0.508 e. The zero-order chi connectivity index (χ0) is 98.8. The molecule has 6 aromatic rings. The highest BCUT2D eigenvalue weighted by Gasteiger charge is 2.47. The van der Waals surface area contributed by atoms with E-state index in [4.69, 9.17) is 11.5 Å². The normalized spacial score (nSPS) is 25.0. The topological polar surface area (TPSA) is 590 Å². The number of nitrogens with zero attached hydrogens (tertiary/aromatic N) is 7. The van der Waals surface area contributed by atoms with Crippen LogP contribution in [0, 0.1) is 23.7 Å². The highest BCUT2D eigenvalue weighted by Crippen LogP contribution is 2.32. The summed E-state index contributed by atoms with van der Waals surface area (Å²) < 4.78 is 1.81. The maximum absolute atomic E-state index is 15.8. The number of hydrogen-bond donors (Lipinski definition) is 15. The molecule has 9 rings (SSSR count). The molecule has 732 valence electrons. The number of Topliss-reactive ketones (excluding diaryl/α,β-unsaturated/α-hetero) is 3. The number of nitrogens with two attached hydrogens (primary N) is 2. The first kappa shape index (κ1) is 106. The monoisotopic (exact) mass is 1890 g/mol. The number of primary amides is 2. The Labute approximate surface area is 786 Å². The van der Waals surface area contributed by atoms with Gasteiger partial charge in [0.15, 0.2) is 17.3 Å². The average Bonchev–Trinajstić information content (AvgIpc) is 1.68. The van der Waals surface area contributed by atoms with Gasteiger partial charge in [0, 0.05) is 157 Å². The highest BCUT2D eigenvalue weighted by atomic mass is 32.2. The SMILES string of the molecule is CCCC[C@H]1C(=O)N(C)[C@@H](CCCC)C(=O)N[C@@H](CC(C)C)C(=O)C[C@H](C(=O)NCC(N)=O)CSCC(=O)N[C@@H](Cc2ccc(O)cc2)C(=O)N(C)[C@@H](C)C(=O)C[C@@H](CC(=O)O)C(=O)N2CCC[C@H]2C(=O)N[C@@H](Cc2cnc[nH]2)C(=O)C[C@@H](CCC(N)=O)C(=O)N2C[C@H](O)C[C@H]2C(=O)N[C@@H](Cc2c[nH]c3ccccc23)C(=O)N[C@@H](CO)C(=O)N[C@@H](Cc2cn(C)c3ccccc23)C(=O)N1C. The number of amides is 14. The lowest BCUT2D eigenvalue weighted by atomic mass is 9.90. The number of H-pyrrole nitrogens is 2. The number of carboxylic acid groups (broad SMARTS) is 1. The second kappa shape index (κ2) is 49.9. The van der Waals surface area contributed by atoms with Gasteiger partial charge in [0.05, 0.1) is 67.7 Å². The number of aryl methyl sites for hydroxylation is 1. The van der Waals surface area contributed by atoms with Crippen LogP contribution in [0.25, 0.3) is 21.8 Å². The standard InChI is InChI=1S/C94H128N18O22S/c1-10-12-22-73-87(127)102-66(33-52(3)4)79(118)39-59(84(124)99-45-81(96)120)49-135-50-82(121)101-69(34-54-26-29-61(114)30-27-54)92(132)108(7)53(5)77(116)38-56(40-83(122)123)91(131)111-32-18-25-74(111)88(128)103-67(41-60-44-97-51-100-60)78(117)37-55(28-31-80(95)119)90(130)112-47-62(115)42-76(112)89(129)104-68(35-57-43-98-65-21-16-14-19-63(57)65)85(125)106-71(48-113)86(126)105-70(36-58-46-107(6)72-24-17-15-20-64(58)72)93(133)110(9)75(23-13-11-2)94(134)109(73)8/h14-17,19-21,24,26-27,29-30,43-44,46,51-53,55-56,59,62,66-71,73-76,98,113-115H,10-13,18,22-23,25,28,31-42,45,47-50H2,1-9H3,(H2,95,119)(H2,96,120)(H,97,100)(H,99,124)(H,101,121)(H,102,127)(H,103,128)(H,104,129)(H,105,126)(H,106,125)(H,122,123)/t53-,55+,56-,59-,62+,66-,67-,68-,69-,70-,71-,73-,74-,75-,76-/m0/s1. The summed E-state index contributed by atoms with van der Waals surface area (Å²) in [7, 11) is 5.76. The fourth-order valence-electron chi connectivity index (χ4n) is 17.6. The number of unbranched alkanes of at least 4 members (excludes halogenated alkanes) is 2. The second-order valence-electron chi connectivity index (χ2n) is 35.8. The number of hydrogen-bond acceptors (Lipinski definition) is 23. The van der Waals surface area contributed by atoms with Gasteiger partial charge in [-0.1, -0.05) is 102 Å². The molecule has 3 aliphatic heterocycles. The predicted octanol–water partition coefficient (Wildman–Crippen LogP) is 0.955. The zero-order valence-electron chi connectivity index (χ0n) is 77.7. The number of ketones is 3. The zero-order valence-corrected chi connectivity index (χ0v) is 78.5. The number of nitrogens with one attached hydrogen (secondary N) is 9. The summed E-state index contributed by atoms with van der Waals surface area (Å²) in [6.07, 6.45) is 0.847. The van der Waals surface area contributed by atoms with Crippen LogP contribution >= 0.6 is 11.8 Å². The Hall–Kier alpha value is -12.9. The molecule has 3 aliphatic rings. The number of aliphatic hydroxyl groups excluding tert-OH is 2. The molecule has 17 N–H and O–H groups in total. The molecule has 3 aromatic carbocycles. The molecule has 14 amide bonds. The van der Waals surface area contributed by atoms with Gasteiger partial charge in [0.2, 0.25) is 82.7 Å². The van der Waals surface area contributed by atoms with Gasteiger partial charge in [-0.3, -0.25) is 86.3 Å². The van der Waals surface area contributed by atoms with Crippen molar-refractivity contribution >= 4 is 140 Å². The number of aliphatic carboxylic acids is 1. The Kier molecular flexibility index (Phi) is 39.1. The van der Waals surface area contributed by atoms with Gasteiger partial charge >= 0.3 is 5.97 Å². The lowest BCUT2D eigenvalue weighted by Crippen LogP contribution is -2.61. The van der Waals surface area contributed by atoms with Gasteiger partial charge in [0.25, 0.3) is 0 Å². The minimum atomic E-state index is -1.90. The van der Waals surface area contributed by atoms with Crippen molar-refractivity contribution in [3.63, 3.8) is 0 Å². The van der Waals surface area contributed by atoms with E-state index in [9.17, 15) is 68.4 Å². The Balaban J connectivity index is 1.10. The molecule has 41 heteroatoms. The Morgan fingerprint density at radius 2 is 1.19 bits per heavy atom. The molecule has 3 saturated heterocycles. The molecule has 0 saturated carbocycles. The first-order valence-corrected chi connectivity index (χ1v) is 46.9. The van der Waals surface area contributed by atoms with Crippen molar-refractivity contribution in [2.24, 2.45) is 42.2 Å². The molecule has 135 heavy (non-hydrogen) atoms. The molecule has 0 spiro atoms. The van der Waals surface area contributed by atoms with Gasteiger partial charge in [0.1, 0.15) is 54.1 Å². The number of imidazole rings is 1. The van der Waals surface area contributed by atoms with E-state index in [1.165, 1.54) is 69.8 Å². The summed E-state index contributed by atoms with van der Waals surface area (Å²) in [6, 6.07) is 3.12. The van der Waals surface area contributed by atoms with Crippen LogP contribution in [0.1, 0.15) is 160 Å². The van der Waals surface area contributed by atoms with Crippen LogP contribution in [-0.2, 0) is 119 Å². The number of aromatic nitrogens is 4. The van der Waals surface area contributed by atoms with E-state index in [0.717, 1.165) is 36.9 Å². The van der Waals surface area contributed by atoms with Crippen LogP contribution in [0.3, 0.4) is 0 Å². The Morgan fingerprint density at radius 3 is 1.84 bits per heavy atom. The van der Waals surface area contributed by atoms with E-state index >= 15 is 38.4 Å². The lowest BCUT2D eigenvalue weighted by Gasteiger charge is -2.36. The van der Waals surface area contributed by atoms with Gasteiger partial charge in [-0.2, -0.15) is 11.8 Å². The maximum atomic E-state index is 15.8. The molecular formula is C94H128N18O22S. The van der Waals surface area contributed by atoms with Crippen LogP contribution in [0.4, 0.5) is 0 Å². The fraction of sp³-hybridized carbons (Fsp3) is 0.543. The number of phenols is 1. The summed E-state index contributed by atoms with van der Waals surface area (Å²) in [5.74, 6) is -22.3. The molecule has 0 bridgehead atoms. The van der Waals surface area contributed by atoms with Gasteiger partial charge in [-0.05, 0) is 92.3 Å². The van der Waals surface area contributed by atoms with Crippen molar-refractivity contribution in [3.8, 4) is 5.75 Å². The first-order chi connectivity index (χ1) is 64.2. The van der Waals surface area contributed by atoms with Crippen molar-refractivity contribution in [3.05, 3.63) is 120 Å². The highest BCUT2D eigenvalue weighted by molar-refractivity contribution is 7.99. The van der Waals surface area contributed by atoms with Crippen molar-refractivity contribution in [2.75, 3.05) is 58.9 Å². The van der Waals surface area contributed by atoms with Crippen molar-refractivity contribution in [1.29, 1.82) is 0 Å². The van der Waals surface area contributed by atoms with Crippen molar-refractivity contribution < 1.29 is 107 Å². The third-order valence-electron chi connectivity index (χ3n) is 25.2. The molecule has 40 nitrogen and oxygen atoms in total. The molecular weight excluding hydrogens is 1770 g/mol. The number of para-hydroxylation sites is 2. The predicted molar refractivity (Wildman–Crippen MR) is 496 cm³/mol. The second-order valence-corrected chi connectivity index (χ2v) is 36.8. The summed E-state index contributed by atoms with van der Waals surface area (Å²) >= 11 is 0.851. The van der Waals surface area contributed by atoms with E-state index in [2.05, 4.69) is 52.2 Å². The number of fused-ring (bicyclic) bond motifs is 4. The van der Waals surface area contributed by atoms with Crippen molar-refractivity contribution in [1.82, 2.24) is 81.2 Å². The van der Waals surface area contributed by atoms with Crippen LogP contribution in [-0.4, -0.2) is 302 Å². The average molecular weight is 1890 g/mol. The fourth-order valence-corrected chi connectivity index (χ4v) is 18.5. The number of aromatic hydroxyl groups is 1. The Morgan fingerprint density at radius 1 is 0.593 bits per heavy atom. The molecule has 3 aromatic heterocycles. The number of aliphatic hydroxyl groups is 2. The number of aromatic amines is 2. The number of rotatable bonds is 25.